The van der Waals surface area contributed by atoms with Crippen LogP contribution in [0.2, 0.25) is 0 Å². The minimum absolute atomic E-state index is 0.115. The van der Waals surface area contributed by atoms with E-state index in [0.29, 0.717) is 30.3 Å². The molecule has 0 bridgehead atoms. The van der Waals surface area contributed by atoms with Crippen molar-refractivity contribution in [1.29, 1.82) is 0 Å². The molecule has 2 aliphatic rings. The van der Waals surface area contributed by atoms with Crippen molar-refractivity contribution in [3.8, 4) is 33.6 Å². The molecule has 2 aliphatic heterocycles. The van der Waals surface area contributed by atoms with Gasteiger partial charge in [0.1, 0.15) is 29.3 Å². The summed E-state index contributed by atoms with van der Waals surface area (Å²) < 4.78 is 15.6. The smallest absolute Gasteiger partial charge is 0.407 e. The van der Waals surface area contributed by atoms with Crippen LogP contribution in [0, 0.1) is 11.8 Å². The largest absolute Gasteiger partial charge is 0.464 e. The number of likely N-dealkylation sites (tertiary alicyclic amines) is 2. The van der Waals surface area contributed by atoms with Gasteiger partial charge < -0.3 is 44.3 Å². The van der Waals surface area contributed by atoms with Gasteiger partial charge in [-0.15, -0.1) is 0 Å². The molecule has 4 atom stereocenters. The van der Waals surface area contributed by atoms with Crippen molar-refractivity contribution >= 4 is 35.0 Å². The van der Waals surface area contributed by atoms with E-state index in [9.17, 15) is 19.2 Å². The predicted octanol–water partition coefficient (Wildman–Crippen LogP) is 6.97. The molecule has 7 rings (SSSR count). The van der Waals surface area contributed by atoms with E-state index in [0.717, 1.165) is 64.7 Å². The quantitative estimate of drug-likeness (QED) is 0.110. The van der Waals surface area contributed by atoms with Crippen molar-refractivity contribution in [2.45, 2.75) is 77.5 Å². The fourth-order valence-electron chi connectivity index (χ4n) is 8.04. The van der Waals surface area contributed by atoms with Crippen molar-refractivity contribution in [3.05, 3.63) is 72.8 Å². The summed E-state index contributed by atoms with van der Waals surface area (Å²) >= 11 is 0. The summed E-state index contributed by atoms with van der Waals surface area (Å²) in [5.41, 5.74) is 6.13. The highest BCUT2D eigenvalue weighted by molar-refractivity contribution is 6.01. The number of aromatic amines is 2. The Labute approximate surface area is 330 Å². The van der Waals surface area contributed by atoms with Crippen LogP contribution in [0.1, 0.15) is 77.1 Å². The highest BCUT2D eigenvalue weighted by Gasteiger charge is 2.39. The maximum atomic E-state index is 13.6. The number of nitrogens with zero attached hydrogens (tertiary/aromatic N) is 4. The lowest BCUT2D eigenvalue weighted by Crippen LogP contribution is -2.51. The van der Waals surface area contributed by atoms with Gasteiger partial charge in [0, 0.05) is 24.0 Å². The third kappa shape index (κ3) is 7.83. The molecule has 4 N–H and O–H groups in total. The van der Waals surface area contributed by atoms with Crippen LogP contribution in [0.4, 0.5) is 9.59 Å². The van der Waals surface area contributed by atoms with Gasteiger partial charge in [0.25, 0.3) is 0 Å². The van der Waals surface area contributed by atoms with Crippen LogP contribution in [-0.2, 0) is 19.1 Å². The molecule has 4 amide bonds. The van der Waals surface area contributed by atoms with Crippen molar-refractivity contribution in [2.75, 3.05) is 27.3 Å². The van der Waals surface area contributed by atoms with Gasteiger partial charge in [0.2, 0.25) is 11.8 Å². The summed E-state index contributed by atoms with van der Waals surface area (Å²) in [4.78, 5) is 71.1. The molecule has 0 radical (unpaired) electrons. The number of carbonyl (C=O) groups excluding carboxylic acids is 4. The zero-order valence-electron chi connectivity index (χ0n) is 33.1. The number of ether oxygens (including phenoxy) is 2. The average Bonchev–Trinajstić information content (AvgIpc) is 4.07. The van der Waals surface area contributed by atoms with Crippen molar-refractivity contribution in [3.63, 3.8) is 0 Å². The van der Waals surface area contributed by atoms with Gasteiger partial charge in [-0.05, 0) is 66.3 Å². The second kappa shape index (κ2) is 16.5. The van der Waals surface area contributed by atoms with E-state index in [2.05, 4.69) is 43.8 Å². The minimum atomic E-state index is -0.712. The molecule has 0 aliphatic carbocycles. The molecule has 2 saturated heterocycles. The molecule has 15 heteroatoms. The Balaban J connectivity index is 1.07. The number of methoxy groups -OCH3 is 2. The monoisotopic (exact) mass is 778 g/mol. The van der Waals surface area contributed by atoms with E-state index in [1.54, 1.807) is 28.5 Å². The Bertz CT molecular complexity index is 2240. The molecule has 2 fully saturated rings. The topological polar surface area (TPSA) is 188 Å². The molecule has 0 spiro atoms. The van der Waals surface area contributed by atoms with Crippen LogP contribution >= 0.6 is 0 Å². The fraction of sp³-hybridized carbons (Fsp3) is 0.429. The predicted molar refractivity (Wildman–Crippen MR) is 213 cm³/mol. The lowest BCUT2D eigenvalue weighted by molar-refractivity contribution is -0.136. The summed E-state index contributed by atoms with van der Waals surface area (Å²) in [5.74, 6) is 0.839. The highest BCUT2D eigenvalue weighted by atomic mass is 16.5. The van der Waals surface area contributed by atoms with Gasteiger partial charge in [0.15, 0.2) is 0 Å². The van der Waals surface area contributed by atoms with Crippen molar-refractivity contribution < 1.29 is 33.1 Å². The number of amides is 4. The number of hydrogen-bond donors (Lipinski definition) is 4. The van der Waals surface area contributed by atoms with Gasteiger partial charge in [-0.1, -0.05) is 58.0 Å². The third-order valence-electron chi connectivity index (χ3n) is 11.1. The average molecular weight is 779 g/mol. The second-order valence-corrected chi connectivity index (χ2v) is 15.4. The van der Waals surface area contributed by atoms with Crippen LogP contribution in [0.25, 0.3) is 44.6 Å². The first-order valence-electron chi connectivity index (χ1n) is 19.5. The zero-order chi connectivity index (χ0) is 40.4. The van der Waals surface area contributed by atoms with Gasteiger partial charge in [-0.3, -0.25) is 9.59 Å². The SMILES string of the molecule is COC(=O)NC(C(=O)N1CCCC1c1ncc(-c2ccc(-c3ccc(-c4cnc(C5CCCN5C(=O)C(NC(=O)OC)C(C)C)[nH]4)c4occc34)cc2)[nH]1)C(C)C. The van der Waals surface area contributed by atoms with E-state index in [-0.39, 0.29) is 35.7 Å². The van der Waals surface area contributed by atoms with Gasteiger partial charge in [0.05, 0.1) is 56.3 Å². The second-order valence-electron chi connectivity index (χ2n) is 15.4. The molecule has 15 nitrogen and oxygen atoms in total. The molecule has 4 unspecified atom stereocenters. The molecule has 0 saturated carbocycles. The van der Waals surface area contributed by atoms with Gasteiger partial charge in [-0.25, -0.2) is 19.6 Å². The summed E-state index contributed by atoms with van der Waals surface area (Å²) in [5, 5.41) is 6.34. The molecule has 300 valence electrons. The Kier molecular flexibility index (Phi) is 11.4. The molecule has 3 aromatic heterocycles. The molecular formula is C42H50N8O7. The Morgan fingerprint density at radius 2 is 1.19 bits per heavy atom. The van der Waals surface area contributed by atoms with Crippen molar-refractivity contribution in [2.24, 2.45) is 11.8 Å². The Morgan fingerprint density at radius 1 is 0.702 bits per heavy atom. The number of imidazole rings is 2. The first-order chi connectivity index (χ1) is 27.5. The number of fused-ring (bicyclic) bond motifs is 1. The van der Waals surface area contributed by atoms with E-state index < -0.39 is 24.3 Å². The molecule has 57 heavy (non-hydrogen) atoms. The Morgan fingerprint density at radius 3 is 1.72 bits per heavy atom. The van der Waals surface area contributed by atoms with E-state index in [1.165, 1.54) is 14.2 Å². The zero-order valence-corrected chi connectivity index (χ0v) is 33.1. The lowest BCUT2D eigenvalue weighted by Gasteiger charge is -2.30. The number of H-pyrrole nitrogens is 2. The van der Waals surface area contributed by atoms with Gasteiger partial charge in [-0.2, -0.15) is 0 Å². The molecule has 5 aromatic rings. The lowest BCUT2D eigenvalue weighted by atomic mass is 9.97. The number of hydrogen-bond acceptors (Lipinski definition) is 9. The van der Waals surface area contributed by atoms with E-state index >= 15 is 0 Å². The standard InChI is InChI=1S/C42H50N8O7/c1-23(2)34(47-41(53)55-5)39(51)49-18-7-9-32(49)37-43-21-30(45-37)26-13-11-25(12-14-26)27-15-16-29(36-28(27)17-20-57-36)31-22-44-38(46-31)33-10-8-19-50(33)40(52)35(24(3)4)48-42(54)56-6/h11-17,20-24,32-35H,7-10,18-19H2,1-6H3,(H,43,45)(H,44,46)(H,47,53)(H,48,54). The number of furan rings is 1. The van der Waals surface area contributed by atoms with E-state index in [4.69, 9.17) is 18.9 Å². The normalized spacial score (nSPS) is 18.0. The summed E-state index contributed by atoms with van der Waals surface area (Å²) in [7, 11) is 2.57. The van der Waals surface area contributed by atoms with Crippen LogP contribution in [0.3, 0.4) is 0 Å². The highest BCUT2D eigenvalue weighted by Crippen LogP contribution is 2.39. The number of aromatic nitrogens is 4. The first kappa shape index (κ1) is 39.1. The number of carbonyl (C=O) groups is 4. The van der Waals surface area contributed by atoms with Crippen LogP contribution in [-0.4, -0.2) is 93.1 Å². The number of benzene rings is 2. The Hall–Kier alpha value is -6.12. The molecule has 2 aromatic carbocycles. The fourth-order valence-corrected chi connectivity index (χ4v) is 8.04. The summed E-state index contributed by atoms with van der Waals surface area (Å²) in [6, 6.07) is 12.4. The third-order valence-corrected chi connectivity index (χ3v) is 11.1. The number of rotatable bonds is 11. The summed E-state index contributed by atoms with van der Waals surface area (Å²) in [6.45, 7) is 8.73. The van der Waals surface area contributed by atoms with E-state index in [1.807, 2.05) is 52.0 Å². The van der Waals surface area contributed by atoms with Gasteiger partial charge >= 0.3 is 12.2 Å². The molecule has 5 heterocycles. The van der Waals surface area contributed by atoms with Crippen molar-refractivity contribution in [1.82, 2.24) is 40.4 Å². The van der Waals surface area contributed by atoms with Crippen LogP contribution < -0.4 is 10.6 Å². The maximum absolute atomic E-state index is 13.6. The van der Waals surface area contributed by atoms with Crippen LogP contribution in [0.5, 0.6) is 0 Å². The van der Waals surface area contributed by atoms with Crippen LogP contribution in [0.15, 0.2) is 65.5 Å². The minimum Gasteiger partial charge on any atom is -0.464 e. The molecular weight excluding hydrogens is 729 g/mol. The number of nitrogens with one attached hydrogen (secondary N) is 4. The summed E-state index contributed by atoms with van der Waals surface area (Å²) in [6.07, 6.45) is 7.16. The first-order valence-corrected chi connectivity index (χ1v) is 19.5. The maximum Gasteiger partial charge on any atom is 0.407 e. The number of alkyl carbamates (subject to hydrolysis) is 2.